The Kier molecular flexibility index (Phi) is 4.82. The molecule has 29 heavy (non-hydrogen) atoms. The van der Waals surface area contributed by atoms with E-state index < -0.39 is 17.6 Å². The second kappa shape index (κ2) is 7.06. The van der Waals surface area contributed by atoms with Crippen molar-refractivity contribution >= 4 is 29.0 Å². The smallest absolute Gasteiger partial charge is 0.232 e. The molecule has 0 spiro atoms. The zero-order chi connectivity index (χ0) is 20.9. The molecule has 2 aromatic carbocycles. The first kappa shape index (κ1) is 19.8. The van der Waals surface area contributed by atoms with Gasteiger partial charge in [0.1, 0.15) is 11.6 Å². The van der Waals surface area contributed by atoms with E-state index in [1.54, 1.807) is 12.1 Å². The molecule has 4 rings (SSSR count). The summed E-state index contributed by atoms with van der Waals surface area (Å²) in [5.41, 5.74) is 1.47. The molecule has 0 aromatic heterocycles. The molecule has 6 heteroatoms. The first-order valence-electron chi connectivity index (χ1n) is 9.46. The van der Waals surface area contributed by atoms with Gasteiger partial charge in [0.2, 0.25) is 5.91 Å². The van der Waals surface area contributed by atoms with E-state index >= 15 is 0 Å². The molecule has 1 heterocycles. The average molecular weight is 416 g/mol. The lowest BCUT2D eigenvalue weighted by molar-refractivity contribution is -0.121. The van der Waals surface area contributed by atoms with Gasteiger partial charge in [-0.25, -0.2) is 8.78 Å². The maximum absolute atomic E-state index is 14.6. The number of rotatable bonds is 2. The summed E-state index contributed by atoms with van der Waals surface area (Å²) in [4.78, 5) is 27.6. The molecule has 1 aliphatic heterocycles. The van der Waals surface area contributed by atoms with Crippen molar-refractivity contribution in [2.75, 3.05) is 4.90 Å². The number of carbonyl (C=O) groups excluding carboxylic acids is 2. The number of carbonyl (C=O) groups is 2. The second-order valence-corrected chi connectivity index (χ2v) is 8.87. The van der Waals surface area contributed by atoms with Gasteiger partial charge in [-0.15, -0.1) is 0 Å². The lowest BCUT2D eigenvalue weighted by Crippen LogP contribution is -2.44. The normalized spacial score (nSPS) is 21.4. The van der Waals surface area contributed by atoms with E-state index in [4.69, 9.17) is 11.6 Å². The molecule has 0 N–H and O–H groups in total. The van der Waals surface area contributed by atoms with Gasteiger partial charge < -0.3 is 0 Å². The number of ketones is 1. The highest BCUT2D eigenvalue weighted by Gasteiger charge is 2.44. The van der Waals surface area contributed by atoms with Gasteiger partial charge in [0.15, 0.2) is 5.78 Å². The van der Waals surface area contributed by atoms with Crippen LogP contribution in [0.25, 0.3) is 0 Å². The average Bonchev–Trinajstić information content (AvgIpc) is 2.62. The Labute approximate surface area is 173 Å². The number of nitrogens with zero attached hydrogens (tertiary/aromatic N) is 1. The Morgan fingerprint density at radius 2 is 1.72 bits per heavy atom. The number of amides is 1. The van der Waals surface area contributed by atoms with Crippen molar-refractivity contribution in [3.63, 3.8) is 0 Å². The summed E-state index contributed by atoms with van der Waals surface area (Å²) >= 11 is 5.99. The quantitative estimate of drug-likeness (QED) is 0.623. The van der Waals surface area contributed by atoms with Crippen molar-refractivity contribution < 1.29 is 18.4 Å². The highest BCUT2D eigenvalue weighted by Crippen LogP contribution is 2.48. The van der Waals surface area contributed by atoms with Gasteiger partial charge in [-0.3, -0.25) is 14.5 Å². The first-order valence-corrected chi connectivity index (χ1v) is 9.84. The van der Waals surface area contributed by atoms with Crippen LogP contribution in [-0.2, 0) is 9.59 Å². The second-order valence-electron chi connectivity index (χ2n) is 8.43. The van der Waals surface area contributed by atoms with Crippen LogP contribution in [0.3, 0.4) is 0 Å². The summed E-state index contributed by atoms with van der Waals surface area (Å²) in [7, 11) is 0. The Bertz CT molecular complexity index is 1040. The molecule has 0 unspecified atom stereocenters. The van der Waals surface area contributed by atoms with Crippen molar-refractivity contribution in [1.82, 2.24) is 0 Å². The SMILES string of the molecule is CC1(C)CC(=O)C2=C(C1)N(c1ccc(F)cc1F)C(=O)C[C@@H]2c1ccc(Cl)cc1. The number of hydrogen-bond donors (Lipinski definition) is 0. The Balaban J connectivity index is 1.91. The predicted molar refractivity (Wildman–Crippen MR) is 108 cm³/mol. The van der Waals surface area contributed by atoms with Gasteiger partial charge in [0, 0.05) is 41.1 Å². The molecule has 2 aliphatic rings. The standard InChI is InChI=1S/C23H20ClF2NO2/c1-23(2)11-19-22(20(28)12-23)16(13-3-5-14(24)6-4-13)10-21(29)27(19)18-8-7-15(25)9-17(18)26/h3-9,16H,10-12H2,1-2H3/t16-/m1/s1. The molecule has 0 radical (unpaired) electrons. The first-order chi connectivity index (χ1) is 13.7. The number of halogens is 3. The van der Waals surface area contributed by atoms with E-state index in [9.17, 15) is 18.4 Å². The fourth-order valence-electron chi connectivity index (χ4n) is 4.34. The van der Waals surface area contributed by atoms with E-state index in [-0.39, 0.29) is 29.2 Å². The molecule has 150 valence electrons. The van der Waals surface area contributed by atoms with Crippen LogP contribution in [0.4, 0.5) is 14.5 Å². The summed E-state index contributed by atoms with van der Waals surface area (Å²) in [6.07, 6.45) is 0.827. The maximum Gasteiger partial charge on any atom is 0.232 e. The van der Waals surface area contributed by atoms with Crippen molar-refractivity contribution in [2.24, 2.45) is 5.41 Å². The Morgan fingerprint density at radius 3 is 2.38 bits per heavy atom. The minimum absolute atomic E-state index is 0.0241. The van der Waals surface area contributed by atoms with Gasteiger partial charge in [-0.05, 0) is 41.7 Å². The molecule has 0 fully saturated rings. The zero-order valence-electron chi connectivity index (χ0n) is 16.1. The van der Waals surface area contributed by atoms with Crippen molar-refractivity contribution in [1.29, 1.82) is 0 Å². The molecule has 2 aromatic rings. The lowest BCUT2D eigenvalue weighted by Gasteiger charge is -2.43. The number of allylic oxidation sites excluding steroid dienone is 2. The molecular formula is C23H20ClF2NO2. The third-order valence-corrected chi connectivity index (χ3v) is 5.82. The minimum Gasteiger partial charge on any atom is -0.294 e. The number of hydrogen-bond acceptors (Lipinski definition) is 2. The number of benzene rings is 2. The summed E-state index contributed by atoms with van der Waals surface area (Å²) < 4.78 is 28.0. The molecule has 1 aliphatic carbocycles. The van der Waals surface area contributed by atoms with Gasteiger partial charge in [0.25, 0.3) is 0 Å². The van der Waals surface area contributed by atoms with Crippen LogP contribution >= 0.6 is 11.6 Å². The van der Waals surface area contributed by atoms with Crippen molar-refractivity contribution in [2.45, 2.75) is 39.0 Å². The molecule has 3 nitrogen and oxygen atoms in total. The minimum atomic E-state index is -0.828. The highest BCUT2D eigenvalue weighted by atomic mass is 35.5. The van der Waals surface area contributed by atoms with E-state index in [2.05, 4.69) is 0 Å². The highest BCUT2D eigenvalue weighted by molar-refractivity contribution is 6.30. The fraction of sp³-hybridized carbons (Fsp3) is 0.304. The van der Waals surface area contributed by atoms with Crippen LogP contribution in [0.15, 0.2) is 53.7 Å². The van der Waals surface area contributed by atoms with Crippen LogP contribution in [0, 0.1) is 17.0 Å². The van der Waals surface area contributed by atoms with Crippen LogP contribution < -0.4 is 4.90 Å². The van der Waals surface area contributed by atoms with Gasteiger partial charge in [0.05, 0.1) is 5.69 Å². The third kappa shape index (κ3) is 3.60. The fourth-order valence-corrected chi connectivity index (χ4v) is 4.46. The van der Waals surface area contributed by atoms with E-state index in [0.29, 0.717) is 29.1 Å². The molecule has 0 bridgehead atoms. The van der Waals surface area contributed by atoms with Crippen molar-refractivity contribution in [3.05, 3.63) is 76.0 Å². The summed E-state index contributed by atoms with van der Waals surface area (Å²) in [5.74, 6) is -2.32. The van der Waals surface area contributed by atoms with E-state index in [1.807, 2.05) is 26.0 Å². The van der Waals surface area contributed by atoms with Gasteiger partial charge in [-0.1, -0.05) is 37.6 Å². The van der Waals surface area contributed by atoms with E-state index in [1.165, 1.54) is 11.0 Å². The number of anilines is 1. The summed E-state index contributed by atoms with van der Waals surface area (Å²) in [6.45, 7) is 3.90. The summed E-state index contributed by atoms with van der Waals surface area (Å²) in [6, 6.07) is 10.2. The molecular weight excluding hydrogens is 396 g/mol. The molecule has 1 atom stereocenters. The molecule has 1 amide bonds. The predicted octanol–water partition coefficient (Wildman–Crippen LogP) is 5.78. The third-order valence-electron chi connectivity index (χ3n) is 5.57. The van der Waals surface area contributed by atoms with Gasteiger partial charge in [-0.2, -0.15) is 0 Å². The van der Waals surface area contributed by atoms with E-state index in [0.717, 1.165) is 17.7 Å². The summed E-state index contributed by atoms with van der Waals surface area (Å²) in [5, 5.41) is 0.566. The van der Waals surface area contributed by atoms with Crippen LogP contribution in [-0.4, -0.2) is 11.7 Å². The number of Topliss-reactive ketones (excluding diaryl/α,β-unsaturated/α-hetero) is 1. The molecule has 0 saturated carbocycles. The largest absolute Gasteiger partial charge is 0.294 e. The van der Waals surface area contributed by atoms with Crippen LogP contribution in [0.2, 0.25) is 5.02 Å². The lowest BCUT2D eigenvalue weighted by atomic mass is 9.69. The maximum atomic E-state index is 14.6. The van der Waals surface area contributed by atoms with Crippen LogP contribution in [0.5, 0.6) is 0 Å². The molecule has 0 saturated heterocycles. The zero-order valence-corrected chi connectivity index (χ0v) is 16.9. The Morgan fingerprint density at radius 1 is 1.03 bits per heavy atom. The monoisotopic (exact) mass is 415 g/mol. The van der Waals surface area contributed by atoms with Crippen molar-refractivity contribution in [3.8, 4) is 0 Å². The van der Waals surface area contributed by atoms with Gasteiger partial charge >= 0.3 is 0 Å². The van der Waals surface area contributed by atoms with Crippen LogP contribution in [0.1, 0.15) is 44.6 Å². The topological polar surface area (TPSA) is 37.4 Å². The Hall–Kier alpha value is -2.53.